The molecule has 1 saturated heterocycles. The second-order valence-electron chi connectivity index (χ2n) is 7.50. The second-order valence-corrected chi connectivity index (χ2v) is 8.34. The fourth-order valence-electron chi connectivity index (χ4n) is 3.85. The van der Waals surface area contributed by atoms with Gasteiger partial charge in [-0.25, -0.2) is 0 Å². The number of amides is 2. The van der Waals surface area contributed by atoms with Crippen molar-refractivity contribution in [2.75, 3.05) is 39.3 Å². The average molecular weight is 412 g/mol. The predicted octanol–water partition coefficient (Wildman–Crippen LogP) is 3.45. The first-order valence-corrected chi connectivity index (χ1v) is 10.5. The molecule has 0 aromatic heterocycles. The van der Waals surface area contributed by atoms with Gasteiger partial charge in [-0.3, -0.25) is 14.5 Å². The maximum Gasteiger partial charge on any atom is 0.255 e. The average Bonchev–Trinajstić information content (AvgIpc) is 2.67. The highest BCUT2D eigenvalue weighted by atomic mass is 35.5. The zero-order chi connectivity index (χ0) is 19.2. The first-order valence-electron chi connectivity index (χ1n) is 9.76. The lowest BCUT2D eigenvalue weighted by atomic mass is 9.89. The summed E-state index contributed by atoms with van der Waals surface area (Å²) in [5.74, 6) is 0.639. The number of piperazine rings is 1. The molecule has 0 unspecified atom stereocenters. The van der Waals surface area contributed by atoms with Crippen LogP contribution < -0.4 is 5.32 Å². The van der Waals surface area contributed by atoms with E-state index in [-0.39, 0.29) is 11.8 Å². The third kappa shape index (κ3) is 5.84. The zero-order valence-electron chi connectivity index (χ0n) is 15.6. The molecule has 1 N–H and O–H groups in total. The van der Waals surface area contributed by atoms with Crippen molar-refractivity contribution in [1.82, 2.24) is 15.1 Å². The highest BCUT2D eigenvalue weighted by molar-refractivity contribution is 6.36. The summed E-state index contributed by atoms with van der Waals surface area (Å²) in [7, 11) is 0. The summed E-state index contributed by atoms with van der Waals surface area (Å²) in [6.07, 6.45) is 6.36. The molecule has 1 heterocycles. The van der Waals surface area contributed by atoms with Gasteiger partial charge in [-0.1, -0.05) is 42.5 Å². The lowest BCUT2D eigenvalue weighted by Crippen LogP contribution is -2.51. The van der Waals surface area contributed by atoms with Crippen molar-refractivity contribution in [3.63, 3.8) is 0 Å². The number of carbonyl (C=O) groups excluding carboxylic acids is 2. The first kappa shape index (κ1) is 20.4. The molecule has 7 heteroatoms. The number of nitrogens with zero attached hydrogens (tertiary/aromatic N) is 2. The maximum atomic E-state index is 12.6. The quantitative estimate of drug-likeness (QED) is 0.806. The third-order valence-electron chi connectivity index (χ3n) is 5.50. The van der Waals surface area contributed by atoms with Crippen molar-refractivity contribution in [1.29, 1.82) is 0 Å². The van der Waals surface area contributed by atoms with Gasteiger partial charge in [0.05, 0.1) is 17.1 Å². The van der Waals surface area contributed by atoms with E-state index in [9.17, 15) is 9.59 Å². The van der Waals surface area contributed by atoms with E-state index in [2.05, 4.69) is 10.2 Å². The topological polar surface area (TPSA) is 52.7 Å². The van der Waals surface area contributed by atoms with E-state index in [0.717, 1.165) is 6.54 Å². The lowest BCUT2D eigenvalue weighted by Gasteiger charge is -2.34. The minimum Gasteiger partial charge on any atom is -0.355 e. The van der Waals surface area contributed by atoms with E-state index in [4.69, 9.17) is 23.2 Å². The number of hydrogen-bond acceptors (Lipinski definition) is 3. The van der Waals surface area contributed by atoms with Gasteiger partial charge in [-0.15, -0.1) is 0 Å². The number of rotatable bonds is 5. The van der Waals surface area contributed by atoms with Crippen LogP contribution in [-0.2, 0) is 4.79 Å². The van der Waals surface area contributed by atoms with Crippen LogP contribution in [0.25, 0.3) is 0 Å². The Labute approximate surface area is 171 Å². The Morgan fingerprint density at radius 2 is 1.74 bits per heavy atom. The molecule has 0 bridgehead atoms. The van der Waals surface area contributed by atoms with Gasteiger partial charge in [0.2, 0.25) is 5.91 Å². The van der Waals surface area contributed by atoms with Crippen molar-refractivity contribution >= 4 is 35.0 Å². The predicted molar refractivity (Wildman–Crippen MR) is 108 cm³/mol. The van der Waals surface area contributed by atoms with Crippen molar-refractivity contribution in [2.45, 2.75) is 32.1 Å². The summed E-state index contributed by atoms with van der Waals surface area (Å²) in [4.78, 5) is 28.7. The van der Waals surface area contributed by atoms with Gasteiger partial charge in [0.1, 0.15) is 0 Å². The fourth-order valence-corrected chi connectivity index (χ4v) is 4.34. The van der Waals surface area contributed by atoms with Gasteiger partial charge >= 0.3 is 0 Å². The summed E-state index contributed by atoms with van der Waals surface area (Å²) in [6, 6.07) is 4.93. The fraction of sp³-hybridized carbons (Fsp3) is 0.600. The molecule has 0 radical (unpaired) electrons. The highest BCUT2D eigenvalue weighted by Crippen LogP contribution is 2.23. The first-order chi connectivity index (χ1) is 13.0. The van der Waals surface area contributed by atoms with E-state index in [1.165, 1.54) is 32.1 Å². The Kier molecular flexibility index (Phi) is 7.39. The molecule has 1 aliphatic heterocycles. The largest absolute Gasteiger partial charge is 0.355 e. The van der Waals surface area contributed by atoms with Crippen LogP contribution in [0.1, 0.15) is 42.5 Å². The molecule has 2 aliphatic rings. The minimum atomic E-state index is -0.0851. The molecular formula is C20H27Cl2N3O2. The smallest absolute Gasteiger partial charge is 0.255 e. The van der Waals surface area contributed by atoms with Gasteiger partial charge in [-0.05, 0) is 37.0 Å². The van der Waals surface area contributed by atoms with Gasteiger partial charge in [0, 0.05) is 37.7 Å². The van der Waals surface area contributed by atoms with Crippen LogP contribution in [0.2, 0.25) is 10.0 Å². The van der Waals surface area contributed by atoms with E-state index in [0.29, 0.717) is 54.3 Å². The highest BCUT2D eigenvalue weighted by Gasteiger charge is 2.25. The monoisotopic (exact) mass is 411 g/mol. The number of halogens is 2. The summed E-state index contributed by atoms with van der Waals surface area (Å²) in [5.41, 5.74) is 0.472. The normalized spacial score (nSPS) is 19.1. The maximum absolute atomic E-state index is 12.6. The molecule has 1 aliphatic carbocycles. The molecule has 1 aromatic rings. The van der Waals surface area contributed by atoms with Crippen molar-refractivity contribution in [2.24, 2.45) is 5.92 Å². The number of hydrogen-bond donors (Lipinski definition) is 1. The van der Waals surface area contributed by atoms with Crippen LogP contribution in [-0.4, -0.2) is 60.9 Å². The van der Waals surface area contributed by atoms with Gasteiger partial charge in [-0.2, -0.15) is 0 Å². The molecule has 5 nitrogen and oxygen atoms in total. The molecule has 1 aromatic carbocycles. The third-order valence-corrected chi connectivity index (χ3v) is 6.05. The summed E-state index contributed by atoms with van der Waals surface area (Å²) >= 11 is 12.0. The standard InChI is InChI=1S/C20H27Cl2N3O2/c21-16-6-7-17(18(22)12-16)20(27)25-10-8-24(9-11-25)14-19(26)23-13-15-4-2-1-3-5-15/h6-7,12,15H,1-5,8-11,13-14H2,(H,23,26). The summed E-state index contributed by atoms with van der Waals surface area (Å²) in [6.45, 7) is 3.76. The van der Waals surface area contributed by atoms with Crippen molar-refractivity contribution in [3.8, 4) is 0 Å². The van der Waals surface area contributed by atoms with Gasteiger partial charge in [0.15, 0.2) is 0 Å². The van der Waals surface area contributed by atoms with E-state index in [1.807, 2.05) is 0 Å². The Balaban J connectivity index is 1.41. The zero-order valence-corrected chi connectivity index (χ0v) is 17.1. The number of benzene rings is 1. The van der Waals surface area contributed by atoms with Crippen molar-refractivity contribution in [3.05, 3.63) is 33.8 Å². The summed E-state index contributed by atoms with van der Waals surface area (Å²) < 4.78 is 0. The number of carbonyl (C=O) groups is 2. The Hall–Kier alpha value is -1.30. The van der Waals surface area contributed by atoms with Crippen LogP contribution in [0.5, 0.6) is 0 Å². The van der Waals surface area contributed by atoms with E-state index < -0.39 is 0 Å². The Morgan fingerprint density at radius 3 is 2.41 bits per heavy atom. The summed E-state index contributed by atoms with van der Waals surface area (Å²) in [5, 5.41) is 3.97. The van der Waals surface area contributed by atoms with Gasteiger partial charge < -0.3 is 10.2 Å². The molecule has 2 fully saturated rings. The van der Waals surface area contributed by atoms with Crippen LogP contribution in [0.15, 0.2) is 18.2 Å². The van der Waals surface area contributed by atoms with Crippen LogP contribution >= 0.6 is 23.2 Å². The minimum absolute atomic E-state index is 0.0843. The molecule has 2 amide bonds. The molecule has 0 spiro atoms. The molecular weight excluding hydrogens is 385 g/mol. The molecule has 148 valence electrons. The molecule has 27 heavy (non-hydrogen) atoms. The van der Waals surface area contributed by atoms with E-state index >= 15 is 0 Å². The molecule has 3 rings (SSSR count). The Bertz CT molecular complexity index is 669. The van der Waals surface area contributed by atoms with Crippen LogP contribution in [0.4, 0.5) is 0 Å². The SMILES string of the molecule is O=C(CN1CCN(C(=O)c2ccc(Cl)cc2Cl)CC1)NCC1CCCCC1. The van der Waals surface area contributed by atoms with Crippen molar-refractivity contribution < 1.29 is 9.59 Å². The molecule has 0 atom stereocenters. The van der Waals surface area contributed by atoms with Gasteiger partial charge in [0.25, 0.3) is 5.91 Å². The van der Waals surface area contributed by atoms with E-state index in [1.54, 1.807) is 23.1 Å². The second kappa shape index (κ2) is 9.76. The van der Waals surface area contributed by atoms with Crippen LogP contribution in [0, 0.1) is 5.92 Å². The lowest BCUT2D eigenvalue weighted by molar-refractivity contribution is -0.122. The van der Waals surface area contributed by atoms with Crippen LogP contribution in [0.3, 0.4) is 0 Å². The number of nitrogens with one attached hydrogen (secondary N) is 1. The molecule has 1 saturated carbocycles. The Morgan fingerprint density at radius 1 is 1.04 bits per heavy atom.